The normalized spacial score (nSPS) is 12.8. The Labute approximate surface area is 148 Å². The summed E-state index contributed by atoms with van der Waals surface area (Å²) < 4.78 is 50.5. The van der Waals surface area contributed by atoms with Gasteiger partial charge >= 0.3 is 5.97 Å². The second kappa shape index (κ2) is 7.65. The van der Waals surface area contributed by atoms with Gasteiger partial charge in [-0.05, 0) is 25.1 Å². The molecule has 26 heavy (non-hydrogen) atoms. The number of alkyl halides is 2. The SMILES string of the molecule is Cc1ccc(S(=O)(=O)n2ccc(C(=O)NC(CC(F)F)C(=O)O)c2)cc1. The molecule has 0 saturated heterocycles. The van der Waals surface area contributed by atoms with Crippen molar-refractivity contribution in [1.82, 2.24) is 9.29 Å². The topological polar surface area (TPSA) is 105 Å². The number of carboxylic acid groups (broad SMARTS) is 1. The summed E-state index contributed by atoms with van der Waals surface area (Å²) in [6.45, 7) is 1.80. The lowest BCUT2D eigenvalue weighted by Gasteiger charge is -2.13. The number of amides is 1. The minimum Gasteiger partial charge on any atom is -0.480 e. The van der Waals surface area contributed by atoms with E-state index in [-0.39, 0.29) is 10.5 Å². The molecule has 0 aliphatic heterocycles. The van der Waals surface area contributed by atoms with Crippen LogP contribution in [0.3, 0.4) is 0 Å². The Balaban J connectivity index is 2.21. The molecule has 1 aromatic heterocycles. The van der Waals surface area contributed by atoms with Crippen molar-refractivity contribution in [3.8, 4) is 0 Å². The van der Waals surface area contributed by atoms with Crippen LogP contribution in [0.5, 0.6) is 0 Å². The molecule has 1 amide bonds. The van der Waals surface area contributed by atoms with Gasteiger partial charge in [0.2, 0.25) is 6.43 Å². The highest BCUT2D eigenvalue weighted by molar-refractivity contribution is 7.90. The van der Waals surface area contributed by atoms with Crippen LogP contribution < -0.4 is 5.32 Å². The standard InChI is InChI=1S/C16H16F2N2O5S/c1-10-2-4-12(5-3-10)26(24,25)20-7-6-11(9-20)15(21)19-13(16(22)23)8-14(17)18/h2-7,9,13-14H,8H2,1H3,(H,19,21)(H,22,23). The molecule has 0 fully saturated rings. The van der Waals surface area contributed by atoms with Crippen molar-refractivity contribution < 1.29 is 31.9 Å². The van der Waals surface area contributed by atoms with Crippen LogP contribution >= 0.6 is 0 Å². The molecule has 0 bridgehead atoms. The van der Waals surface area contributed by atoms with Crippen molar-refractivity contribution in [2.24, 2.45) is 0 Å². The van der Waals surface area contributed by atoms with E-state index >= 15 is 0 Å². The van der Waals surface area contributed by atoms with Crippen molar-refractivity contribution in [2.45, 2.75) is 30.7 Å². The first-order chi connectivity index (χ1) is 12.1. The molecular weight excluding hydrogens is 370 g/mol. The molecular formula is C16H16F2N2O5S. The molecule has 2 N–H and O–H groups in total. The van der Waals surface area contributed by atoms with Crippen molar-refractivity contribution in [3.05, 3.63) is 53.9 Å². The second-order valence-corrected chi connectivity index (χ2v) is 7.38. The average Bonchev–Trinajstić information content (AvgIpc) is 3.05. The summed E-state index contributed by atoms with van der Waals surface area (Å²) in [6.07, 6.45) is -1.86. The minimum absolute atomic E-state index is 0.00627. The Morgan fingerprint density at radius 2 is 1.81 bits per heavy atom. The number of aromatic nitrogens is 1. The number of halogens is 2. The number of benzene rings is 1. The first kappa shape index (κ1) is 19.6. The molecule has 0 saturated carbocycles. The molecule has 1 atom stereocenters. The molecule has 1 unspecified atom stereocenters. The lowest BCUT2D eigenvalue weighted by molar-refractivity contribution is -0.140. The molecule has 1 aromatic carbocycles. The van der Waals surface area contributed by atoms with Gasteiger partial charge in [0.25, 0.3) is 15.9 Å². The number of carboxylic acids is 1. The van der Waals surface area contributed by atoms with Crippen LogP contribution in [-0.2, 0) is 14.8 Å². The highest BCUT2D eigenvalue weighted by Crippen LogP contribution is 2.16. The number of rotatable bonds is 7. The molecule has 1 heterocycles. The molecule has 140 valence electrons. The monoisotopic (exact) mass is 386 g/mol. The van der Waals surface area contributed by atoms with Gasteiger partial charge in [-0.2, -0.15) is 0 Å². The van der Waals surface area contributed by atoms with E-state index in [1.165, 1.54) is 12.1 Å². The minimum atomic E-state index is -3.93. The van der Waals surface area contributed by atoms with E-state index in [9.17, 15) is 26.8 Å². The molecule has 7 nitrogen and oxygen atoms in total. The number of nitrogens with zero attached hydrogens (tertiary/aromatic N) is 1. The van der Waals surface area contributed by atoms with Gasteiger partial charge in [0.1, 0.15) is 6.04 Å². The quantitative estimate of drug-likeness (QED) is 0.756. The van der Waals surface area contributed by atoms with E-state index in [0.29, 0.717) is 0 Å². The Morgan fingerprint density at radius 1 is 1.19 bits per heavy atom. The zero-order chi connectivity index (χ0) is 19.5. The Bertz CT molecular complexity index is 907. The van der Waals surface area contributed by atoms with Crippen LogP contribution in [0.4, 0.5) is 8.78 Å². The van der Waals surface area contributed by atoms with E-state index in [1.807, 2.05) is 5.32 Å². The first-order valence-electron chi connectivity index (χ1n) is 7.43. The number of nitrogens with one attached hydrogen (secondary N) is 1. The van der Waals surface area contributed by atoms with Crippen LogP contribution in [0, 0.1) is 6.92 Å². The van der Waals surface area contributed by atoms with Gasteiger partial charge in [-0.1, -0.05) is 17.7 Å². The largest absolute Gasteiger partial charge is 0.480 e. The number of aliphatic carboxylic acids is 1. The zero-order valence-corrected chi connectivity index (χ0v) is 14.4. The number of carbonyl (C=O) groups is 2. The predicted octanol–water partition coefficient (Wildman–Crippen LogP) is 1.87. The van der Waals surface area contributed by atoms with Gasteiger partial charge in [-0.15, -0.1) is 0 Å². The highest BCUT2D eigenvalue weighted by atomic mass is 32.2. The molecule has 0 radical (unpaired) electrons. The van der Waals surface area contributed by atoms with E-state index < -0.39 is 40.8 Å². The highest BCUT2D eigenvalue weighted by Gasteiger charge is 2.25. The third kappa shape index (κ3) is 4.45. The van der Waals surface area contributed by atoms with Crippen LogP contribution in [0.15, 0.2) is 47.6 Å². The second-order valence-electron chi connectivity index (χ2n) is 5.54. The molecule has 0 aliphatic carbocycles. The van der Waals surface area contributed by atoms with E-state index in [0.717, 1.165) is 28.0 Å². The van der Waals surface area contributed by atoms with Crippen molar-refractivity contribution in [3.63, 3.8) is 0 Å². The average molecular weight is 386 g/mol. The molecule has 2 rings (SSSR count). The summed E-state index contributed by atoms with van der Waals surface area (Å²) in [6, 6.07) is 5.43. The maximum Gasteiger partial charge on any atom is 0.326 e. The third-order valence-corrected chi connectivity index (χ3v) is 5.19. The number of aryl methyl sites for hydroxylation is 1. The number of carbonyl (C=O) groups excluding carboxylic acids is 1. The van der Waals surface area contributed by atoms with E-state index in [1.54, 1.807) is 19.1 Å². The molecule has 0 aliphatic rings. The van der Waals surface area contributed by atoms with Gasteiger partial charge < -0.3 is 10.4 Å². The lowest BCUT2D eigenvalue weighted by atomic mass is 10.2. The first-order valence-corrected chi connectivity index (χ1v) is 8.87. The fourth-order valence-corrected chi connectivity index (χ4v) is 3.33. The van der Waals surface area contributed by atoms with Crippen molar-refractivity contribution >= 4 is 21.9 Å². The van der Waals surface area contributed by atoms with Gasteiger partial charge in [-0.25, -0.2) is 26.0 Å². The third-order valence-electron chi connectivity index (χ3n) is 3.54. The Kier molecular flexibility index (Phi) is 5.76. The van der Waals surface area contributed by atoms with Gasteiger partial charge in [-0.3, -0.25) is 4.79 Å². The summed E-state index contributed by atoms with van der Waals surface area (Å²) >= 11 is 0. The van der Waals surface area contributed by atoms with Gasteiger partial charge in [0.05, 0.1) is 10.5 Å². The number of hydrogen-bond acceptors (Lipinski definition) is 4. The fourth-order valence-electron chi connectivity index (χ4n) is 2.13. The molecule has 2 aromatic rings. The lowest BCUT2D eigenvalue weighted by Crippen LogP contribution is -2.41. The Hall–Kier alpha value is -2.75. The maximum absolute atomic E-state index is 12.5. The summed E-state index contributed by atoms with van der Waals surface area (Å²) in [7, 11) is -3.93. The summed E-state index contributed by atoms with van der Waals surface area (Å²) in [5.74, 6) is -2.57. The van der Waals surface area contributed by atoms with Crippen molar-refractivity contribution in [1.29, 1.82) is 0 Å². The van der Waals surface area contributed by atoms with Gasteiger partial charge in [0.15, 0.2) is 0 Å². The van der Waals surface area contributed by atoms with Crippen LogP contribution in [-0.4, -0.2) is 41.8 Å². The van der Waals surface area contributed by atoms with E-state index in [4.69, 9.17) is 5.11 Å². The molecule has 0 spiro atoms. The van der Waals surface area contributed by atoms with Crippen LogP contribution in [0.25, 0.3) is 0 Å². The molecule has 10 heteroatoms. The van der Waals surface area contributed by atoms with E-state index in [2.05, 4.69) is 0 Å². The zero-order valence-electron chi connectivity index (χ0n) is 13.6. The Morgan fingerprint density at radius 3 is 2.35 bits per heavy atom. The predicted molar refractivity (Wildman–Crippen MR) is 87.7 cm³/mol. The smallest absolute Gasteiger partial charge is 0.326 e. The van der Waals surface area contributed by atoms with Crippen LogP contribution in [0.2, 0.25) is 0 Å². The maximum atomic E-state index is 12.5. The summed E-state index contributed by atoms with van der Waals surface area (Å²) in [4.78, 5) is 23.0. The van der Waals surface area contributed by atoms with Crippen LogP contribution in [0.1, 0.15) is 22.3 Å². The number of hydrogen-bond donors (Lipinski definition) is 2. The fraction of sp³-hybridized carbons (Fsp3) is 0.250. The summed E-state index contributed by atoms with van der Waals surface area (Å²) in [5.41, 5.74) is 0.705. The van der Waals surface area contributed by atoms with Gasteiger partial charge in [0, 0.05) is 18.8 Å². The summed E-state index contributed by atoms with van der Waals surface area (Å²) in [5, 5.41) is 10.8. The van der Waals surface area contributed by atoms with Crippen molar-refractivity contribution in [2.75, 3.05) is 0 Å².